The molecule has 0 spiro atoms. The van der Waals surface area contributed by atoms with Crippen LogP contribution in [0, 0.1) is 0 Å². The molecule has 1 aliphatic heterocycles. The Labute approximate surface area is 131 Å². The van der Waals surface area contributed by atoms with E-state index in [2.05, 4.69) is 10.2 Å². The van der Waals surface area contributed by atoms with Crippen LogP contribution in [0.5, 0.6) is 0 Å². The van der Waals surface area contributed by atoms with Gasteiger partial charge in [0.25, 0.3) is 0 Å². The van der Waals surface area contributed by atoms with Gasteiger partial charge < -0.3 is 15.0 Å². The molecule has 7 heteroatoms. The Morgan fingerprint density at radius 2 is 1.95 bits per heavy atom. The molecule has 0 aromatic heterocycles. The summed E-state index contributed by atoms with van der Waals surface area (Å²) < 4.78 is 29.7. The van der Waals surface area contributed by atoms with Crippen LogP contribution in [0.15, 0.2) is 23.1 Å². The number of hydrogen-bond acceptors (Lipinski definition) is 5. The van der Waals surface area contributed by atoms with Gasteiger partial charge in [-0.3, -0.25) is 4.79 Å². The Morgan fingerprint density at radius 3 is 2.50 bits per heavy atom. The Kier molecular flexibility index (Phi) is 5.08. The van der Waals surface area contributed by atoms with E-state index in [1.165, 1.54) is 6.07 Å². The van der Waals surface area contributed by atoms with Gasteiger partial charge in [-0.05, 0) is 32.0 Å². The number of rotatable bonds is 5. The summed E-state index contributed by atoms with van der Waals surface area (Å²) >= 11 is 0. The molecule has 1 aromatic carbocycles. The number of sulfone groups is 1. The molecule has 2 unspecified atom stereocenters. The molecular weight excluding hydrogens is 304 g/mol. The molecule has 0 bridgehead atoms. The van der Waals surface area contributed by atoms with Gasteiger partial charge in [0.15, 0.2) is 9.84 Å². The molecule has 2 rings (SSSR count). The van der Waals surface area contributed by atoms with Crippen molar-refractivity contribution in [2.24, 2.45) is 0 Å². The van der Waals surface area contributed by atoms with Crippen molar-refractivity contribution in [2.45, 2.75) is 37.9 Å². The number of carbonyl (C=O) groups excluding carboxylic acids is 1. The summed E-state index contributed by atoms with van der Waals surface area (Å²) in [5.41, 5.74) is 1.31. The third kappa shape index (κ3) is 3.59. The normalized spacial score (nSPS) is 22.4. The molecule has 1 amide bonds. The highest BCUT2D eigenvalue weighted by molar-refractivity contribution is 7.91. The van der Waals surface area contributed by atoms with Crippen LogP contribution < -0.4 is 10.2 Å². The van der Waals surface area contributed by atoms with Crippen LogP contribution in [0.2, 0.25) is 0 Å². The van der Waals surface area contributed by atoms with Crippen molar-refractivity contribution >= 4 is 27.6 Å². The lowest BCUT2D eigenvalue weighted by Gasteiger charge is -2.37. The summed E-state index contributed by atoms with van der Waals surface area (Å²) in [6, 6.07) is 4.86. The minimum Gasteiger partial charge on any atom is -0.372 e. The monoisotopic (exact) mass is 326 g/mol. The summed E-state index contributed by atoms with van der Waals surface area (Å²) in [5, 5.41) is 2.61. The van der Waals surface area contributed by atoms with E-state index in [0.717, 1.165) is 5.69 Å². The SMILES string of the molecule is CCS(=O)(=O)c1ccc(N2CC(C)OC(C)C2)c(NC=O)c1. The molecule has 22 heavy (non-hydrogen) atoms. The van der Waals surface area contributed by atoms with Gasteiger partial charge in [0.1, 0.15) is 0 Å². The highest BCUT2D eigenvalue weighted by atomic mass is 32.2. The van der Waals surface area contributed by atoms with Gasteiger partial charge in [-0.25, -0.2) is 8.42 Å². The molecule has 0 aliphatic carbocycles. The molecule has 1 N–H and O–H groups in total. The number of nitrogens with one attached hydrogen (secondary N) is 1. The fourth-order valence-electron chi connectivity index (χ4n) is 2.70. The molecule has 1 saturated heterocycles. The summed E-state index contributed by atoms with van der Waals surface area (Å²) in [4.78, 5) is 13.2. The third-order valence-electron chi connectivity index (χ3n) is 3.68. The second-order valence-electron chi connectivity index (χ2n) is 5.51. The van der Waals surface area contributed by atoms with Gasteiger partial charge in [-0.1, -0.05) is 6.92 Å². The van der Waals surface area contributed by atoms with Crippen LogP contribution in [0.1, 0.15) is 20.8 Å². The summed E-state index contributed by atoms with van der Waals surface area (Å²) in [5.74, 6) is 0.0263. The van der Waals surface area contributed by atoms with Crippen molar-refractivity contribution in [3.05, 3.63) is 18.2 Å². The van der Waals surface area contributed by atoms with Gasteiger partial charge in [0.2, 0.25) is 6.41 Å². The lowest BCUT2D eigenvalue weighted by molar-refractivity contribution is -0.105. The quantitative estimate of drug-likeness (QED) is 0.833. The third-order valence-corrected chi connectivity index (χ3v) is 5.41. The molecule has 1 heterocycles. The van der Waals surface area contributed by atoms with Crippen molar-refractivity contribution in [3.63, 3.8) is 0 Å². The number of anilines is 2. The van der Waals surface area contributed by atoms with Gasteiger partial charge >= 0.3 is 0 Å². The Hall–Kier alpha value is -1.60. The minimum atomic E-state index is -3.31. The van der Waals surface area contributed by atoms with E-state index in [1.807, 2.05) is 13.8 Å². The predicted octanol–water partition coefficient (Wildman–Crippen LogP) is 1.66. The largest absolute Gasteiger partial charge is 0.372 e. The molecular formula is C15H22N2O4S. The Balaban J connectivity index is 2.41. The zero-order chi connectivity index (χ0) is 16.3. The number of hydrogen-bond donors (Lipinski definition) is 1. The lowest BCUT2D eigenvalue weighted by Crippen LogP contribution is -2.45. The maximum absolute atomic E-state index is 12.0. The average Bonchev–Trinajstić information content (AvgIpc) is 2.46. The molecule has 1 aromatic rings. The first-order chi connectivity index (χ1) is 10.4. The van der Waals surface area contributed by atoms with Gasteiger partial charge in [0.05, 0.1) is 34.2 Å². The van der Waals surface area contributed by atoms with E-state index in [-0.39, 0.29) is 22.9 Å². The van der Waals surface area contributed by atoms with Crippen molar-refractivity contribution < 1.29 is 17.9 Å². The molecule has 122 valence electrons. The van der Waals surface area contributed by atoms with E-state index in [4.69, 9.17) is 4.74 Å². The maximum atomic E-state index is 12.0. The number of nitrogens with zero attached hydrogens (tertiary/aromatic N) is 1. The topological polar surface area (TPSA) is 75.7 Å². The molecule has 1 aliphatic rings. The molecule has 0 radical (unpaired) electrons. The molecule has 6 nitrogen and oxygen atoms in total. The fourth-order valence-corrected chi connectivity index (χ4v) is 3.61. The fraction of sp³-hybridized carbons (Fsp3) is 0.533. The van der Waals surface area contributed by atoms with Crippen molar-refractivity contribution in [1.29, 1.82) is 0 Å². The van der Waals surface area contributed by atoms with E-state index in [1.54, 1.807) is 19.1 Å². The van der Waals surface area contributed by atoms with Crippen LogP contribution in [0.3, 0.4) is 0 Å². The minimum absolute atomic E-state index is 0.0263. The summed E-state index contributed by atoms with van der Waals surface area (Å²) in [6.07, 6.45) is 0.716. The van der Waals surface area contributed by atoms with Crippen molar-refractivity contribution in [2.75, 3.05) is 29.1 Å². The summed E-state index contributed by atoms with van der Waals surface area (Å²) in [7, 11) is -3.31. The first-order valence-electron chi connectivity index (χ1n) is 7.34. The molecule has 2 atom stereocenters. The lowest BCUT2D eigenvalue weighted by atomic mass is 10.1. The van der Waals surface area contributed by atoms with E-state index in [9.17, 15) is 13.2 Å². The molecule has 0 saturated carbocycles. The van der Waals surface area contributed by atoms with E-state index < -0.39 is 9.84 Å². The first-order valence-corrected chi connectivity index (χ1v) is 9.00. The van der Waals surface area contributed by atoms with Gasteiger partial charge in [-0.2, -0.15) is 0 Å². The zero-order valence-electron chi connectivity index (χ0n) is 13.1. The van der Waals surface area contributed by atoms with E-state index >= 15 is 0 Å². The number of ether oxygens (including phenoxy) is 1. The van der Waals surface area contributed by atoms with Crippen LogP contribution in [0.4, 0.5) is 11.4 Å². The standard InChI is InChI=1S/C15H22N2O4S/c1-4-22(19,20)13-5-6-15(14(7-13)16-10-18)17-8-11(2)21-12(3)9-17/h5-7,10-12H,4,8-9H2,1-3H3,(H,16,18). The van der Waals surface area contributed by atoms with Gasteiger partial charge in [0, 0.05) is 13.1 Å². The van der Waals surface area contributed by atoms with Gasteiger partial charge in [-0.15, -0.1) is 0 Å². The first kappa shape index (κ1) is 16.8. The second kappa shape index (κ2) is 6.66. The van der Waals surface area contributed by atoms with Crippen molar-refractivity contribution in [1.82, 2.24) is 0 Å². The Morgan fingerprint density at radius 1 is 1.32 bits per heavy atom. The highest BCUT2D eigenvalue weighted by Gasteiger charge is 2.25. The number of carbonyl (C=O) groups is 1. The highest BCUT2D eigenvalue weighted by Crippen LogP contribution is 2.31. The number of morpholine rings is 1. The average molecular weight is 326 g/mol. The smallest absolute Gasteiger partial charge is 0.211 e. The zero-order valence-corrected chi connectivity index (χ0v) is 13.9. The van der Waals surface area contributed by atoms with Crippen LogP contribution >= 0.6 is 0 Å². The maximum Gasteiger partial charge on any atom is 0.211 e. The number of amides is 1. The van der Waals surface area contributed by atoms with E-state index in [0.29, 0.717) is 25.2 Å². The van der Waals surface area contributed by atoms with Crippen LogP contribution in [-0.2, 0) is 19.4 Å². The molecule has 1 fully saturated rings. The van der Waals surface area contributed by atoms with Crippen LogP contribution in [-0.4, -0.2) is 45.9 Å². The second-order valence-corrected chi connectivity index (χ2v) is 7.79. The number of benzene rings is 1. The van der Waals surface area contributed by atoms with Crippen molar-refractivity contribution in [3.8, 4) is 0 Å². The summed E-state index contributed by atoms with van der Waals surface area (Å²) in [6.45, 7) is 6.97. The Bertz CT molecular complexity index is 635. The van der Waals surface area contributed by atoms with Crippen LogP contribution in [0.25, 0.3) is 0 Å². The predicted molar refractivity (Wildman–Crippen MR) is 86.1 cm³/mol.